The second-order valence-electron chi connectivity index (χ2n) is 5.38. The molecule has 0 N–H and O–H groups in total. The van der Waals surface area contributed by atoms with E-state index in [-0.39, 0.29) is 10.9 Å². The number of aryl methyl sites for hydroxylation is 2. The predicted octanol–water partition coefficient (Wildman–Crippen LogP) is 0.117. The normalized spacial score (nSPS) is 20.8. The number of piperidine rings is 1. The van der Waals surface area contributed by atoms with E-state index in [1.807, 2.05) is 11.6 Å². The Hall–Kier alpha value is -1.74. The van der Waals surface area contributed by atoms with Gasteiger partial charge in [-0.3, -0.25) is 0 Å². The molecule has 0 bridgehead atoms. The lowest BCUT2D eigenvalue weighted by Crippen LogP contribution is -2.39. The average Bonchev–Trinajstić information content (AvgIpc) is 3.08. The number of imidazole rings is 1. The van der Waals surface area contributed by atoms with Crippen molar-refractivity contribution in [1.29, 1.82) is 0 Å². The summed E-state index contributed by atoms with van der Waals surface area (Å²) in [4.78, 5) is 3.97. The number of sulfonamides is 1. The summed E-state index contributed by atoms with van der Waals surface area (Å²) in [7, 11) is 0.0970. The molecule has 2 aromatic rings. The van der Waals surface area contributed by atoms with Crippen molar-refractivity contribution in [2.24, 2.45) is 14.1 Å². The van der Waals surface area contributed by atoms with Crippen molar-refractivity contribution in [1.82, 2.24) is 28.6 Å². The zero-order chi connectivity index (χ0) is 15.0. The Labute approximate surface area is 123 Å². The van der Waals surface area contributed by atoms with Gasteiger partial charge in [0, 0.05) is 39.3 Å². The molecular weight excluding hydrogens is 292 g/mol. The first-order valence-corrected chi connectivity index (χ1v) is 8.24. The lowest BCUT2D eigenvalue weighted by atomic mass is 9.99. The van der Waals surface area contributed by atoms with Crippen LogP contribution < -0.4 is 0 Å². The highest BCUT2D eigenvalue weighted by Crippen LogP contribution is 2.28. The third-order valence-corrected chi connectivity index (χ3v) is 5.53. The van der Waals surface area contributed by atoms with Crippen molar-refractivity contribution in [2.75, 3.05) is 13.1 Å². The molecule has 0 radical (unpaired) electrons. The van der Waals surface area contributed by atoms with Crippen LogP contribution in [-0.4, -0.2) is 50.1 Å². The van der Waals surface area contributed by atoms with Crippen LogP contribution in [0.25, 0.3) is 0 Å². The lowest BCUT2D eigenvalue weighted by molar-refractivity contribution is 0.305. The topological polar surface area (TPSA) is 85.9 Å². The Kier molecular flexibility index (Phi) is 3.54. The first-order chi connectivity index (χ1) is 9.98. The van der Waals surface area contributed by atoms with Crippen LogP contribution in [0.2, 0.25) is 0 Å². The molecule has 0 aliphatic carbocycles. The Morgan fingerprint density at radius 1 is 1.29 bits per heavy atom. The molecule has 0 aromatic carbocycles. The zero-order valence-electron chi connectivity index (χ0n) is 12.0. The molecule has 21 heavy (non-hydrogen) atoms. The van der Waals surface area contributed by atoms with Gasteiger partial charge in [0.1, 0.15) is 12.2 Å². The summed E-state index contributed by atoms with van der Waals surface area (Å²) in [5.74, 6) is 0.903. The molecule has 1 atom stereocenters. The van der Waals surface area contributed by atoms with Crippen molar-refractivity contribution >= 4 is 10.0 Å². The summed E-state index contributed by atoms with van der Waals surface area (Å²) in [5.41, 5.74) is 0. The maximum atomic E-state index is 12.6. The van der Waals surface area contributed by atoms with Crippen LogP contribution in [0, 0.1) is 0 Å². The van der Waals surface area contributed by atoms with Crippen molar-refractivity contribution in [3.8, 4) is 0 Å². The molecule has 3 rings (SSSR count). The van der Waals surface area contributed by atoms with E-state index in [0.717, 1.165) is 18.7 Å². The number of nitrogens with zero attached hydrogens (tertiary/aromatic N) is 6. The molecule has 3 heterocycles. The van der Waals surface area contributed by atoms with Crippen molar-refractivity contribution in [3.63, 3.8) is 0 Å². The van der Waals surface area contributed by atoms with Gasteiger partial charge >= 0.3 is 0 Å². The van der Waals surface area contributed by atoms with E-state index < -0.39 is 10.0 Å². The second kappa shape index (κ2) is 5.23. The largest absolute Gasteiger partial charge is 0.339 e. The van der Waals surface area contributed by atoms with E-state index in [0.29, 0.717) is 13.1 Å². The molecule has 1 saturated heterocycles. The van der Waals surface area contributed by atoms with Gasteiger partial charge in [-0.25, -0.2) is 13.4 Å². The molecule has 0 unspecified atom stereocenters. The summed E-state index contributed by atoms with van der Waals surface area (Å²) in [6.07, 6.45) is 6.39. The van der Waals surface area contributed by atoms with Crippen molar-refractivity contribution < 1.29 is 8.42 Å². The predicted molar refractivity (Wildman–Crippen MR) is 74.9 cm³/mol. The van der Waals surface area contributed by atoms with Gasteiger partial charge in [-0.1, -0.05) is 0 Å². The van der Waals surface area contributed by atoms with Crippen LogP contribution in [0.3, 0.4) is 0 Å². The first kappa shape index (κ1) is 14.2. The van der Waals surface area contributed by atoms with Crippen LogP contribution >= 0.6 is 0 Å². The van der Waals surface area contributed by atoms with Gasteiger partial charge in [-0.05, 0) is 12.8 Å². The summed E-state index contributed by atoms with van der Waals surface area (Å²) in [5, 5.41) is 8.08. The SMILES string of the molecule is Cn1cnc(S(=O)(=O)N2CCC[C@H](c3nncn3C)C2)c1. The minimum atomic E-state index is -3.53. The maximum absolute atomic E-state index is 12.6. The average molecular weight is 310 g/mol. The van der Waals surface area contributed by atoms with Crippen molar-refractivity contribution in [3.05, 3.63) is 24.7 Å². The molecule has 1 aliphatic heterocycles. The van der Waals surface area contributed by atoms with E-state index in [2.05, 4.69) is 15.2 Å². The van der Waals surface area contributed by atoms with Gasteiger partial charge in [0.2, 0.25) is 0 Å². The van der Waals surface area contributed by atoms with E-state index in [4.69, 9.17) is 0 Å². The minimum absolute atomic E-state index is 0.0738. The van der Waals surface area contributed by atoms with Crippen LogP contribution in [-0.2, 0) is 24.1 Å². The Morgan fingerprint density at radius 2 is 2.10 bits per heavy atom. The standard InChI is InChI=1S/C12H18N6O2S/c1-16-7-11(13-8-16)21(19,20)18-5-3-4-10(6-18)12-15-14-9-17(12)2/h7-10H,3-6H2,1-2H3/t10-/m0/s1. The highest BCUT2D eigenvalue weighted by atomic mass is 32.2. The summed E-state index contributed by atoms with van der Waals surface area (Å²) >= 11 is 0. The monoisotopic (exact) mass is 310 g/mol. The van der Waals surface area contributed by atoms with Gasteiger partial charge in [-0.15, -0.1) is 10.2 Å². The Bertz CT molecular complexity index is 735. The highest BCUT2D eigenvalue weighted by Gasteiger charge is 2.33. The van der Waals surface area contributed by atoms with Gasteiger partial charge in [0.25, 0.3) is 10.0 Å². The Balaban J connectivity index is 1.85. The maximum Gasteiger partial charge on any atom is 0.262 e. The molecule has 9 heteroatoms. The van der Waals surface area contributed by atoms with Gasteiger partial charge in [0.05, 0.1) is 6.33 Å². The highest BCUT2D eigenvalue weighted by molar-refractivity contribution is 7.89. The van der Waals surface area contributed by atoms with E-state index in [9.17, 15) is 8.42 Å². The molecule has 0 amide bonds. The smallest absolute Gasteiger partial charge is 0.262 e. The molecule has 114 valence electrons. The molecule has 8 nitrogen and oxygen atoms in total. The number of rotatable bonds is 3. The molecule has 1 fully saturated rings. The van der Waals surface area contributed by atoms with E-state index in [1.165, 1.54) is 16.8 Å². The summed E-state index contributed by atoms with van der Waals surface area (Å²) in [6, 6.07) is 0. The van der Waals surface area contributed by atoms with Gasteiger partial charge in [-0.2, -0.15) is 4.31 Å². The lowest BCUT2D eigenvalue weighted by Gasteiger charge is -2.30. The van der Waals surface area contributed by atoms with Gasteiger partial charge < -0.3 is 9.13 Å². The van der Waals surface area contributed by atoms with E-state index >= 15 is 0 Å². The van der Waals surface area contributed by atoms with Crippen LogP contribution in [0.4, 0.5) is 0 Å². The van der Waals surface area contributed by atoms with Crippen LogP contribution in [0.5, 0.6) is 0 Å². The Morgan fingerprint density at radius 3 is 2.71 bits per heavy atom. The molecular formula is C12H18N6O2S. The van der Waals surface area contributed by atoms with E-state index in [1.54, 1.807) is 17.9 Å². The zero-order valence-corrected chi connectivity index (χ0v) is 12.9. The van der Waals surface area contributed by atoms with Crippen LogP contribution in [0.15, 0.2) is 23.9 Å². The quantitative estimate of drug-likeness (QED) is 0.803. The second-order valence-corrected chi connectivity index (χ2v) is 7.26. The van der Waals surface area contributed by atoms with Gasteiger partial charge in [0.15, 0.2) is 5.03 Å². The third kappa shape index (κ3) is 2.58. The molecule has 1 aliphatic rings. The summed E-state index contributed by atoms with van der Waals surface area (Å²) in [6.45, 7) is 0.943. The summed E-state index contributed by atoms with van der Waals surface area (Å²) < 4.78 is 30.2. The number of hydrogen-bond acceptors (Lipinski definition) is 5. The molecule has 0 spiro atoms. The molecule has 0 saturated carbocycles. The fourth-order valence-electron chi connectivity index (χ4n) is 2.69. The molecule has 2 aromatic heterocycles. The first-order valence-electron chi connectivity index (χ1n) is 6.80. The fraction of sp³-hybridized carbons (Fsp3) is 0.583. The van der Waals surface area contributed by atoms with Crippen molar-refractivity contribution in [2.45, 2.75) is 23.8 Å². The van der Waals surface area contributed by atoms with Crippen LogP contribution in [0.1, 0.15) is 24.6 Å². The number of hydrogen-bond donors (Lipinski definition) is 0. The third-order valence-electron chi connectivity index (χ3n) is 3.78. The fourth-order valence-corrected chi connectivity index (χ4v) is 4.18. The minimum Gasteiger partial charge on any atom is -0.339 e. The number of aromatic nitrogens is 5.